The van der Waals surface area contributed by atoms with E-state index in [2.05, 4.69) is 10.2 Å². The number of nitrogens with one attached hydrogen (secondary N) is 1. The van der Waals surface area contributed by atoms with E-state index in [1.807, 2.05) is 78.3 Å². The van der Waals surface area contributed by atoms with Gasteiger partial charge >= 0.3 is 0 Å². The lowest BCUT2D eigenvalue weighted by Crippen LogP contribution is -2.46. The third-order valence-corrected chi connectivity index (χ3v) is 7.61. The minimum Gasteiger partial charge on any atom is -0.508 e. The Kier molecular flexibility index (Phi) is 6.23. The first kappa shape index (κ1) is 26.1. The number of hydrogen-bond acceptors (Lipinski definition) is 9. The molecule has 4 aromatic carbocycles. The van der Waals surface area contributed by atoms with E-state index in [0.29, 0.717) is 40.2 Å². The summed E-state index contributed by atoms with van der Waals surface area (Å²) in [5.41, 5.74) is 5.21. The molecule has 7 rings (SSSR count). The van der Waals surface area contributed by atoms with Gasteiger partial charge < -0.3 is 29.9 Å². The van der Waals surface area contributed by atoms with Crippen LogP contribution in [0.25, 0.3) is 5.69 Å². The molecule has 214 valence electrons. The third-order valence-electron chi connectivity index (χ3n) is 7.61. The molecule has 0 radical (unpaired) electrons. The Morgan fingerprint density at radius 1 is 0.837 bits per heavy atom. The van der Waals surface area contributed by atoms with E-state index in [1.165, 1.54) is 6.07 Å². The van der Waals surface area contributed by atoms with Crippen molar-refractivity contribution in [3.63, 3.8) is 0 Å². The highest BCUT2D eigenvalue weighted by Crippen LogP contribution is 2.50. The van der Waals surface area contributed by atoms with Gasteiger partial charge in [-0.15, -0.1) is 0 Å². The van der Waals surface area contributed by atoms with Gasteiger partial charge in [0.15, 0.2) is 17.5 Å². The van der Waals surface area contributed by atoms with Crippen molar-refractivity contribution in [3.05, 3.63) is 108 Å². The van der Waals surface area contributed by atoms with Crippen LogP contribution in [0.1, 0.15) is 22.9 Å². The summed E-state index contributed by atoms with van der Waals surface area (Å²) < 4.78 is 12.9. The number of fused-ring (bicyclic) bond motifs is 4. The van der Waals surface area contributed by atoms with Crippen LogP contribution in [-0.4, -0.2) is 45.9 Å². The van der Waals surface area contributed by atoms with Gasteiger partial charge in [0.2, 0.25) is 0 Å². The van der Waals surface area contributed by atoms with Crippen LogP contribution in [0, 0.1) is 6.92 Å². The molecule has 3 N–H and O–H groups in total. The lowest BCUT2D eigenvalue weighted by atomic mass is 9.92. The average molecular weight is 573 g/mol. The largest absolute Gasteiger partial charge is 0.508 e. The highest BCUT2D eigenvalue weighted by molar-refractivity contribution is 6.51. The number of aromatic nitrogens is 2. The summed E-state index contributed by atoms with van der Waals surface area (Å²) in [7, 11) is 3.20. The zero-order chi connectivity index (χ0) is 29.7. The van der Waals surface area contributed by atoms with Crippen LogP contribution in [0.5, 0.6) is 23.0 Å². The molecule has 1 atom stereocenters. The number of para-hydroxylation sites is 3. The summed E-state index contributed by atoms with van der Waals surface area (Å²) in [6.45, 7) is 1.94. The molecule has 0 spiro atoms. The van der Waals surface area contributed by atoms with Crippen LogP contribution in [0.3, 0.4) is 0 Å². The lowest BCUT2D eigenvalue weighted by molar-refractivity contribution is 0.395. The van der Waals surface area contributed by atoms with Crippen LogP contribution in [0.2, 0.25) is 0 Å². The summed E-state index contributed by atoms with van der Waals surface area (Å²) in [6, 6.07) is 27.2. The van der Waals surface area contributed by atoms with E-state index < -0.39 is 6.04 Å². The van der Waals surface area contributed by atoms with E-state index in [0.717, 1.165) is 28.3 Å². The zero-order valence-electron chi connectivity index (χ0n) is 23.7. The maximum Gasteiger partial charge on any atom is 0.179 e. The quantitative estimate of drug-likeness (QED) is 0.223. The third kappa shape index (κ3) is 4.31. The summed E-state index contributed by atoms with van der Waals surface area (Å²) in [6.07, 6.45) is 0. The van der Waals surface area contributed by atoms with E-state index in [-0.39, 0.29) is 11.5 Å². The molecule has 3 heterocycles. The number of rotatable bonds is 5. The Balaban J connectivity index is 1.49. The maximum absolute atomic E-state index is 11.2. The van der Waals surface area contributed by atoms with Crippen molar-refractivity contribution in [1.82, 2.24) is 9.78 Å². The van der Waals surface area contributed by atoms with Crippen molar-refractivity contribution in [2.75, 3.05) is 24.4 Å². The molecule has 0 unspecified atom stereocenters. The van der Waals surface area contributed by atoms with Gasteiger partial charge in [0.25, 0.3) is 0 Å². The number of ether oxygens (including phenoxy) is 2. The molecule has 2 aliphatic heterocycles. The normalized spacial score (nSPS) is 15.0. The number of anilines is 2. The molecule has 0 aliphatic carbocycles. The van der Waals surface area contributed by atoms with Gasteiger partial charge in [-0.1, -0.05) is 30.3 Å². The number of hydrogen-bond donors (Lipinski definition) is 3. The van der Waals surface area contributed by atoms with Crippen LogP contribution in [0.15, 0.2) is 101 Å². The number of phenols is 2. The van der Waals surface area contributed by atoms with Crippen LogP contribution >= 0.6 is 0 Å². The van der Waals surface area contributed by atoms with Crippen molar-refractivity contribution < 1.29 is 19.7 Å². The second-order valence-corrected chi connectivity index (χ2v) is 10.2. The smallest absolute Gasteiger partial charge is 0.179 e. The molecule has 1 aromatic heterocycles. The van der Waals surface area contributed by atoms with Gasteiger partial charge in [0.1, 0.15) is 23.0 Å². The molecule has 5 aromatic rings. The lowest BCUT2D eigenvalue weighted by Gasteiger charge is -2.40. The van der Waals surface area contributed by atoms with E-state index >= 15 is 0 Å². The molecule has 10 heteroatoms. The van der Waals surface area contributed by atoms with Gasteiger partial charge in [-0.05, 0) is 55.5 Å². The first-order valence-electron chi connectivity index (χ1n) is 13.7. The molecule has 0 amide bonds. The molecule has 0 bridgehead atoms. The highest BCUT2D eigenvalue weighted by Gasteiger charge is 2.42. The Morgan fingerprint density at radius 2 is 1.63 bits per heavy atom. The number of nitrogens with zero attached hydrogens (tertiary/aromatic N) is 5. The molecule has 10 nitrogen and oxygen atoms in total. The van der Waals surface area contributed by atoms with Crippen LogP contribution in [-0.2, 0) is 0 Å². The summed E-state index contributed by atoms with van der Waals surface area (Å²) in [5.74, 6) is 2.77. The maximum atomic E-state index is 11.2. The Morgan fingerprint density at radius 3 is 2.40 bits per heavy atom. The molecule has 2 aliphatic rings. The second-order valence-electron chi connectivity index (χ2n) is 10.2. The zero-order valence-corrected chi connectivity index (χ0v) is 23.7. The predicted molar refractivity (Wildman–Crippen MR) is 166 cm³/mol. The predicted octanol–water partition coefficient (Wildman–Crippen LogP) is 6.40. The topological polar surface area (TPSA) is 117 Å². The Labute approximate surface area is 247 Å². The number of amidine groups is 2. The number of benzene rings is 4. The number of aryl methyl sites for hydroxylation is 1. The minimum absolute atomic E-state index is 0.0301. The highest BCUT2D eigenvalue weighted by atomic mass is 16.5. The van der Waals surface area contributed by atoms with Gasteiger partial charge in [0, 0.05) is 23.3 Å². The van der Waals surface area contributed by atoms with E-state index in [1.54, 1.807) is 32.4 Å². The molecule has 43 heavy (non-hydrogen) atoms. The molecular weight excluding hydrogens is 544 g/mol. The van der Waals surface area contributed by atoms with E-state index in [9.17, 15) is 10.2 Å². The molecular formula is C33H28N6O4. The number of aromatic hydroxyl groups is 2. The molecule has 0 fully saturated rings. The summed E-state index contributed by atoms with van der Waals surface area (Å²) in [5, 5.41) is 29.7. The van der Waals surface area contributed by atoms with Crippen molar-refractivity contribution in [2.24, 2.45) is 9.98 Å². The van der Waals surface area contributed by atoms with Gasteiger partial charge in [-0.3, -0.25) is 0 Å². The summed E-state index contributed by atoms with van der Waals surface area (Å²) in [4.78, 5) is 12.3. The van der Waals surface area contributed by atoms with Crippen molar-refractivity contribution in [2.45, 2.75) is 13.0 Å². The van der Waals surface area contributed by atoms with Gasteiger partial charge in [-0.25, -0.2) is 14.7 Å². The Hall–Kier alpha value is -5.77. The monoisotopic (exact) mass is 572 g/mol. The molecule has 0 saturated carbocycles. The first-order chi connectivity index (χ1) is 21.0. The number of phenolic OH excluding ortho intramolecular Hbond substituents is 2. The van der Waals surface area contributed by atoms with Crippen molar-refractivity contribution in [1.29, 1.82) is 0 Å². The minimum atomic E-state index is -0.549. The standard InChI is InChI=1S/C33H28N6O4/c1-19-29-30(23-15-13-21(40)17-27(23)41)38-26-12-8-7-11-24(26)34-31(35-25-16-14-22(42-2)18-28(25)43-3)33(38)36-32(29)39(37-19)20-9-5-4-6-10-20/h4-18,30,40-41H,1-3H3,(H,34,35)/t30-/m1/s1. The fraction of sp³-hybridized carbons (Fsp3) is 0.121. The van der Waals surface area contributed by atoms with Crippen molar-refractivity contribution >= 4 is 34.6 Å². The summed E-state index contributed by atoms with van der Waals surface area (Å²) >= 11 is 0. The average Bonchev–Trinajstić information content (AvgIpc) is 3.36. The Bertz CT molecular complexity index is 1930. The van der Waals surface area contributed by atoms with Crippen molar-refractivity contribution in [3.8, 4) is 28.7 Å². The fourth-order valence-electron chi connectivity index (χ4n) is 5.63. The number of aliphatic imine (C=N–C) groups is 2. The van der Waals surface area contributed by atoms with Gasteiger partial charge in [0.05, 0.1) is 48.7 Å². The van der Waals surface area contributed by atoms with Crippen LogP contribution < -0.4 is 19.7 Å². The fourth-order valence-corrected chi connectivity index (χ4v) is 5.63. The van der Waals surface area contributed by atoms with Crippen LogP contribution in [0.4, 0.5) is 22.9 Å². The second kappa shape index (κ2) is 10.3. The van der Waals surface area contributed by atoms with E-state index in [4.69, 9.17) is 24.6 Å². The number of methoxy groups -OCH3 is 2. The SMILES string of the molecule is COc1ccc(NC2=Nc3ccccc3N3C2=Nc2c(c(C)nn2-c2ccccc2)[C@H]3c2ccc(O)cc2O)c(OC)c1. The molecule has 0 saturated heterocycles. The van der Waals surface area contributed by atoms with Gasteiger partial charge in [-0.2, -0.15) is 5.10 Å². The first-order valence-corrected chi connectivity index (χ1v) is 13.7.